The summed E-state index contributed by atoms with van der Waals surface area (Å²) in [5.74, 6) is 0.534. The monoisotopic (exact) mass is 324 g/mol. The number of nitrogens with zero attached hydrogens (tertiary/aromatic N) is 1. The summed E-state index contributed by atoms with van der Waals surface area (Å²) in [7, 11) is 1.58. The number of amides is 1. The summed E-state index contributed by atoms with van der Waals surface area (Å²) in [6.45, 7) is 2.72. The minimum atomic E-state index is -0.0773. The van der Waals surface area contributed by atoms with Crippen molar-refractivity contribution in [2.24, 2.45) is 0 Å². The Kier molecular flexibility index (Phi) is 5.36. The van der Waals surface area contributed by atoms with Gasteiger partial charge in [-0.25, -0.2) is 0 Å². The first-order chi connectivity index (χ1) is 11.8. The number of carbonyl (C=O) groups excluding carboxylic acids is 1. The van der Waals surface area contributed by atoms with Gasteiger partial charge in [-0.2, -0.15) is 0 Å². The number of hydrogen-bond acceptors (Lipinski definition) is 3. The Morgan fingerprint density at radius 1 is 1.17 bits per heavy atom. The van der Waals surface area contributed by atoms with Crippen LogP contribution in [-0.2, 0) is 6.42 Å². The van der Waals surface area contributed by atoms with E-state index in [1.54, 1.807) is 19.2 Å². The standard InChI is InChI=1S/C20H24N2O2/c1-24-19-12-5-3-10-17(19)20(23)21-13-7-15-22-14-6-9-16-8-2-4-11-18(16)22/h2-5,8,10-12H,6-7,9,13-15H2,1H3,(H,21,23). The van der Waals surface area contributed by atoms with Crippen LogP contribution in [0.2, 0.25) is 0 Å². The molecule has 24 heavy (non-hydrogen) atoms. The van der Waals surface area contributed by atoms with E-state index >= 15 is 0 Å². The molecule has 1 aliphatic heterocycles. The number of aryl methyl sites for hydroxylation is 1. The van der Waals surface area contributed by atoms with Gasteiger partial charge in [0, 0.05) is 25.3 Å². The number of carbonyl (C=O) groups is 1. The van der Waals surface area contributed by atoms with E-state index in [-0.39, 0.29) is 5.91 Å². The minimum absolute atomic E-state index is 0.0773. The van der Waals surface area contributed by atoms with Gasteiger partial charge in [-0.1, -0.05) is 30.3 Å². The van der Waals surface area contributed by atoms with Crippen molar-refractivity contribution in [3.63, 3.8) is 0 Å². The average Bonchev–Trinajstić information content (AvgIpc) is 2.65. The van der Waals surface area contributed by atoms with Crippen LogP contribution in [0.4, 0.5) is 5.69 Å². The molecule has 0 aliphatic carbocycles. The Balaban J connectivity index is 1.50. The molecule has 4 nitrogen and oxygen atoms in total. The van der Waals surface area contributed by atoms with Crippen LogP contribution in [0.3, 0.4) is 0 Å². The van der Waals surface area contributed by atoms with E-state index in [1.165, 1.54) is 17.7 Å². The second kappa shape index (κ2) is 7.86. The molecule has 0 radical (unpaired) electrons. The highest BCUT2D eigenvalue weighted by molar-refractivity contribution is 5.96. The lowest BCUT2D eigenvalue weighted by Gasteiger charge is -2.31. The van der Waals surface area contributed by atoms with Crippen molar-refractivity contribution in [1.82, 2.24) is 5.32 Å². The van der Waals surface area contributed by atoms with E-state index in [0.29, 0.717) is 17.9 Å². The molecular formula is C20H24N2O2. The van der Waals surface area contributed by atoms with Gasteiger partial charge in [-0.15, -0.1) is 0 Å². The summed E-state index contributed by atoms with van der Waals surface area (Å²) >= 11 is 0. The maximum absolute atomic E-state index is 12.3. The lowest BCUT2D eigenvalue weighted by atomic mass is 10.0. The molecule has 2 aromatic rings. The van der Waals surface area contributed by atoms with Crippen LogP contribution in [0.1, 0.15) is 28.8 Å². The average molecular weight is 324 g/mol. The Morgan fingerprint density at radius 3 is 2.83 bits per heavy atom. The molecule has 0 saturated heterocycles. The molecule has 0 saturated carbocycles. The van der Waals surface area contributed by atoms with Crippen LogP contribution < -0.4 is 15.0 Å². The van der Waals surface area contributed by atoms with Crippen molar-refractivity contribution in [3.05, 3.63) is 59.7 Å². The van der Waals surface area contributed by atoms with Crippen molar-refractivity contribution in [1.29, 1.82) is 0 Å². The number of para-hydroxylation sites is 2. The molecule has 126 valence electrons. The summed E-state index contributed by atoms with van der Waals surface area (Å²) in [4.78, 5) is 14.7. The van der Waals surface area contributed by atoms with E-state index in [4.69, 9.17) is 4.74 Å². The van der Waals surface area contributed by atoms with Crippen molar-refractivity contribution in [2.45, 2.75) is 19.3 Å². The molecule has 0 aromatic heterocycles. The Bertz CT molecular complexity index is 700. The largest absolute Gasteiger partial charge is 0.496 e. The molecule has 0 unspecified atom stereocenters. The van der Waals surface area contributed by atoms with Gasteiger partial charge in [-0.3, -0.25) is 4.79 Å². The molecule has 1 heterocycles. The van der Waals surface area contributed by atoms with Crippen LogP contribution in [0, 0.1) is 0 Å². The fourth-order valence-electron chi connectivity index (χ4n) is 3.24. The molecule has 2 aromatic carbocycles. The quantitative estimate of drug-likeness (QED) is 0.829. The molecular weight excluding hydrogens is 300 g/mol. The maximum Gasteiger partial charge on any atom is 0.255 e. The molecule has 0 fully saturated rings. The number of ether oxygens (including phenoxy) is 1. The Hall–Kier alpha value is -2.49. The van der Waals surface area contributed by atoms with Gasteiger partial charge < -0.3 is 15.0 Å². The van der Waals surface area contributed by atoms with Gasteiger partial charge in [0.15, 0.2) is 0 Å². The first-order valence-electron chi connectivity index (χ1n) is 8.53. The molecule has 1 amide bonds. The van der Waals surface area contributed by atoms with Gasteiger partial charge >= 0.3 is 0 Å². The highest BCUT2D eigenvalue weighted by Gasteiger charge is 2.16. The molecule has 1 aliphatic rings. The Morgan fingerprint density at radius 2 is 1.96 bits per heavy atom. The second-order valence-corrected chi connectivity index (χ2v) is 6.03. The van der Waals surface area contributed by atoms with Gasteiger partial charge in [0.1, 0.15) is 5.75 Å². The lowest BCUT2D eigenvalue weighted by molar-refractivity contribution is 0.0950. The maximum atomic E-state index is 12.3. The van der Waals surface area contributed by atoms with Crippen LogP contribution in [0.25, 0.3) is 0 Å². The zero-order valence-electron chi connectivity index (χ0n) is 14.1. The summed E-state index contributed by atoms with van der Waals surface area (Å²) in [6, 6.07) is 15.9. The minimum Gasteiger partial charge on any atom is -0.496 e. The predicted molar refractivity (Wildman–Crippen MR) is 96.9 cm³/mol. The fourth-order valence-corrected chi connectivity index (χ4v) is 3.24. The number of rotatable bonds is 6. The summed E-state index contributed by atoms with van der Waals surface area (Å²) in [5.41, 5.74) is 3.37. The number of nitrogens with one attached hydrogen (secondary N) is 1. The first-order valence-corrected chi connectivity index (χ1v) is 8.53. The lowest BCUT2D eigenvalue weighted by Crippen LogP contribution is -2.33. The number of fused-ring (bicyclic) bond motifs is 1. The molecule has 0 atom stereocenters. The normalized spacial score (nSPS) is 13.3. The van der Waals surface area contributed by atoms with Crippen LogP contribution in [-0.4, -0.2) is 32.7 Å². The second-order valence-electron chi connectivity index (χ2n) is 6.03. The van der Waals surface area contributed by atoms with E-state index < -0.39 is 0 Å². The first kappa shape index (κ1) is 16.4. The predicted octanol–water partition coefficient (Wildman–Crippen LogP) is 3.27. The molecule has 4 heteroatoms. The molecule has 1 N–H and O–H groups in total. The van der Waals surface area contributed by atoms with E-state index in [2.05, 4.69) is 34.5 Å². The van der Waals surface area contributed by atoms with Crippen LogP contribution in [0.15, 0.2) is 48.5 Å². The van der Waals surface area contributed by atoms with Crippen LogP contribution >= 0.6 is 0 Å². The highest BCUT2D eigenvalue weighted by Crippen LogP contribution is 2.26. The third-order valence-corrected chi connectivity index (χ3v) is 4.45. The molecule has 3 rings (SSSR count). The summed E-state index contributed by atoms with van der Waals surface area (Å²) in [5, 5.41) is 2.99. The summed E-state index contributed by atoms with van der Waals surface area (Å²) < 4.78 is 5.24. The SMILES string of the molecule is COc1ccccc1C(=O)NCCCN1CCCc2ccccc21. The smallest absolute Gasteiger partial charge is 0.255 e. The topological polar surface area (TPSA) is 41.6 Å². The summed E-state index contributed by atoms with van der Waals surface area (Å²) in [6.07, 6.45) is 3.29. The van der Waals surface area contributed by atoms with Crippen molar-refractivity contribution in [2.75, 3.05) is 31.6 Å². The number of benzene rings is 2. The molecule has 0 spiro atoms. The van der Waals surface area contributed by atoms with Gasteiger partial charge in [0.25, 0.3) is 5.91 Å². The fraction of sp³-hybridized carbons (Fsp3) is 0.350. The third kappa shape index (κ3) is 3.70. The van der Waals surface area contributed by atoms with Crippen LogP contribution in [0.5, 0.6) is 5.75 Å². The highest BCUT2D eigenvalue weighted by atomic mass is 16.5. The zero-order valence-corrected chi connectivity index (χ0v) is 14.1. The van der Waals surface area contributed by atoms with Gasteiger partial charge in [-0.05, 0) is 43.0 Å². The Labute approximate surface area is 143 Å². The van der Waals surface area contributed by atoms with Gasteiger partial charge in [0.2, 0.25) is 0 Å². The number of methoxy groups -OCH3 is 1. The number of anilines is 1. The van der Waals surface area contributed by atoms with Crippen molar-refractivity contribution >= 4 is 11.6 Å². The van der Waals surface area contributed by atoms with E-state index in [9.17, 15) is 4.79 Å². The van der Waals surface area contributed by atoms with E-state index in [1.807, 2.05) is 12.1 Å². The van der Waals surface area contributed by atoms with Gasteiger partial charge in [0.05, 0.1) is 12.7 Å². The van der Waals surface area contributed by atoms with Crippen molar-refractivity contribution < 1.29 is 9.53 Å². The third-order valence-electron chi connectivity index (χ3n) is 4.45. The zero-order chi connectivity index (χ0) is 16.8. The molecule has 0 bridgehead atoms. The number of hydrogen-bond donors (Lipinski definition) is 1. The van der Waals surface area contributed by atoms with E-state index in [0.717, 1.165) is 25.9 Å². The van der Waals surface area contributed by atoms with Crippen molar-refractivity contribution in [3.8, 4) is 5.75 Å².